The SMILES string of the molecule is Fc1ccc(CNCC2Cc3ccccc3O2)c(Br)c1. The lowest BCUT2D eigenvalue weighted by molar-refractivity contribution is 0.227. The average molecular weight is 336 g/mol. The third-order valence-electron chi connectivity index (χ3n) is 3.42. The predicted octanol–water partition coefficient (Wildman–Crippen LogP) is 3.68. The van der Waals surface area contributed by atoms with Crippen LogP contribution in [0.15, 0.2) is 46.9 Å². The Balaban J connectivity index is 1.52. The summed E-state index contributed by atoms with van der Waals surface area (Å²) in [4.78, 5) is 0. The number of fused-ring (bicyclic) bond motifs is 1. The zero-order valence-electron chi connectivity index (χ0n) is 10.9. The maximum Gasteiger partial charge on any atom is 0.124 e. The lowest BCUT2D eigenvalue weighted by Gasteiger charge is -2.12. The van der Waals surface area contributed by atoms with Crippen molar-refractivity contribution in [2.75, 3.05) is 6.54 Å². The van der Waals surface area contributed by atoms with E-state index in [-0.39, 0.29) is 11.9 Å². The van der Waals surface area contributed by atoms with Gasteiger partial charge in [0.1, 0.15) is 17.7 Å². The van der Waals surface area contributed by atoms with E-state index >= 15 is 0 Å². The van der Waals surface area contributed by atoms with Crippen molar-refractivity contribution in [2.45, 2.75) is 19.1 Å². The molecule has 3 rings (SSSR count). The molecule has 0 fully saturated rings. The molecule has 0 radical (unpaired) electrons. The Morgan fingerprint density at radius 1 is 1.25 bits per heavy atom. The summed E-state index contributed by atoms with van der Waals surface area (Å²) in [7, 11) is 0. The second-order valence-corrected chi connectivity index (χ2v) is 5.77. The summed E-state index contributed by atoms with van der Waals surface area (Å²) in [5.41, 5.74) is 2.31. The van der Waals surface area contributed by atoms with E-state index in [4.69, 9.17) is 4.74 Å². The molecular weight excluding hydrogens is 321 g/mol. The van der Waals surface area contributed by atoms with Gasteiger partial charge in [0.2, 0.25) is 0 Å². The summed E-state index contributed by atoms with van der Waals surface area (Å²) >= 11 is 3.37. The second-order valence-electron chi connectivity index (χ2n) is 4.92. The molecule has 1 aliphatic rings. The smallest absolute Gasteiger partial charge is 0.124 e. The average Bonchev–Trinajstić information content (AvgIpc) is 2.84. The Labute approximate surface area is 126 Å². The number of halogens is 2. The third kappa shape index (κ3) is 3.02. The van der Waals surface area contributed by atoms with Crippen molar-refractivity contribution >= 4 is 15.9 Å². The van der Waals surface area contributed by atoms with Crippen LogP contribution in [0.5, 0.6) is 5.75 Å². The van der Waals surface area contributed by atoms with Crippen LogP contribution < -0.4 is 10.1 Å². The molecule has 0 aliphatic carbocycles. The lowest BCUT2D eigenvalue weighted by atomic mass is 10.1. The molecule has 1 atom stereocenters. The first-order valence-corrected chi connectivity index (χ1v) is 7.41. The van der Waals surface area contributed by atoms with E-state index in [2.05, 4.69) is 27.3 Å². The monoisotopic (exact) mass is 335 g/mol. The molecule has 4 heteroatoms. The van der Waals surface area contributed by atoms with Crippen molar-refractivity contribution in [3.05, 3.63) is 63.9 Å². The molecule has 104 valence electrons. The highest BCUT2D eigenvalue weighted by molar-refractivity contribution is 9.10. The minimum Gasteiger partial charge on any atom is -0.488 e. The van der Waals surface area contributed by atoms with Gasteiger partial charge in [0.25, 0.3) is 0 Å². The lowest BCUT2D eigenvalue weighted by Crippen LogP contribution is -2.29. The van der Waals surface area contributed by atoms with Crippen LogP contribution in [0.1, 0.15) is 11.1 Å². The van der Waals surface area contributed by atoms with Crippen molar-refractivity contribution in [2.24, 2.45) is 0 Å². The summed E-state index contributed by atoms with van der Waals surface area (Å²) in [5, 5.41) is 3.36. The van der Waals surface area contributed by atoms with E-state index in [1.807, 2.05) is 18.2 Å². The van der Waals surface area contributed by atoms with Gasteiger partial charge in [-0.15, -0.1) is 0 Å². The number of para-hydroxylation sites is 1. The third-order valence-corrected chi connectivity index (χ3v) is 4.15. The van der Waals surface area contributed by atoms with Gasteiger partial charge in [0.05, 0.1) is 0 Å². The fraction of sp³-hybridized carbons (Fsp3) is 0.250. The van der Waals surface area contributed by atoms with Crippen LogP contribution in [-0.2, 0) is 13.0 Å². The fourth-order valence-corrected chi connectivity index (χ4v) is 2.89. The molecular formula is C16H15BrFNO. The predicted molar refractivity (Wildman–Crippen MR) is 80.4 cm³/mol. The molecule has 2 nitrogen and oxygen atoms in total. The summed E-state index contributed by atoms with van der Waals surface area (Å²) in [6, 6.07) is 12.9. The van der Waals surface area contributed by atoms with Crippen molar-refractivity contribution in [3.8, 4) is 5.75 Å². The number of ether oxygens (including phenoxy) is 1. The quantitative estimate of drug-likeness (QED) is 0.920. The van der Waals surface area contributed by atoms with E-state index in [9.17, 15) is 4.39 Å². The maximum absolute atomic E-state index is 13.0. The van der Waals surface area contributed by atoms with Gasteiger partial charge in [-0.05, 0) is 29.3 Å². The van der Waals surface area contributed by atoms with Crippen LogP contribution in [0.2, 0.25) is 0 Å². The highest BCUT2D eigenvalue weighted by Crippen LogP contribution is 2.27. The molecule has 1 aliphatic heterocycles. The van der Waals surface area contributed by atoms with Gasteiger partial charge in [-0.25, -0.2) is 4.39 Å². The fourth-order valence-electron chi connectivity index (χ4n) is 2.40. The highest BCUT2D eigenvalue weighted by Gasteiger charge is 2.21. The maximum atomic E-state index is 13.0. The van der Waals surface area contributed by atoms with E-state index in [1.165, 1.54) is 17.7 Å². The summed E-state index contributed by atoms with van der Waals surface area (Å²) in [6.07, 6.45) is 1.11. The molecule has 0 saturated carbocycles. The van der Waals surface area contributed by atoms with Crippen molar-refractivity contribution in [1.29, 1.82) is 0 Å². The first kappa shape index (κ1) is 13.6. The van der Waals surface area contributed by atoms with Crippen LogP contribution in [-0.4, -0.2) is 12.6 Å². The molecule has 2 aromatic rings. The van der Waals surface area contributed by atoms with Gasteiger partial charge in [-0.3, -0.25) is 0 Å². The Kier molecular flexibility index (Phi) is 4.03. The zero-order valence-corrected chi connectivity index (χ0v) is 12.5. The van der Waals surface area contributed by atoms with Crippen molar-refractivity contribution < 1.29 is 9.13 Å². The van der Waals surface area contributed by atoms with Gasteiger partial charge < -0.3 is 10.1 Å². The van der Waals surface area contributed by atoms with E-state index in [0.29, 0.717) is 6.54 Å². The number of rotatable bonds is 4. The standard InChI is InChI=1S/C16H15BrFNO/c17-15-8-13(18)6-5-12(15)9-19-10-14-7-11-3-1-2-4-16(11)20-14/h1-6,8,14,19H,7,9-10H2. The normalized spacial score (nSPS) is 16.8. The minimum atomic E-state index is -0.227. The molecule has 1 heterocycles. The number of hydrogen-bond acceptors (Lipinski definition) is 2. The second kappa shape index (κ2) is 5.94. The van der Waals surface area contributed by atoms with Crippen LogP contribution >= 0.6 is 15.9 Å². The van der Waals surface area contributed by atoms with Crippen LogP contribution in [0.3, 0.4) is 0 Å². The molecule has 20 heavy (non-hydrogen) atoms. The van der Waals surface area contributed by atoms with Crippen LogP contribution in [0, 0.1) is 5.82 Å². The van der Waals surface area contributed by atoms with Crippen molar-refractivity contribution in [3.63, 3.8) is 0 Å². The van der Waals surface area contributed by atoms with Gasteiger partial charge in [0, 0.05) is 24.0 Å². The number of benzene rings is 2. The molecule has 0 amide bonds. The molecule has 1 unspecified atom stereocenters. The first-order valence-electron chi connectivity index (χ1n) is 6.61. The minimum absolute atomic E-state index is 0.173. The number of nitrogens with one attached hydrogen (secondary N) is 1. The molecule has 0 saturated heterocycles. The largest absolute Gasteiger partial charge is 0.488 e. The van der Waals surface area contributed by atoms with E-state index in [0.717, 1.165) is 28.8 Å². The zero-order chi connectivity index (χ0) is 13.9. The van der Waals surface area contributed by atoms with Crippen molar-refractivity contribution in [1.82, 2.24) is 5.32 Å². The summed E-state index contributed by atoms with van der Waals surface area (Å²) in [6.45, 7) is 1.47. The molecule has 0 bridgehead atoms. The summed E-state index contributed by atoms with van der Waals surface area (Å²) < 4.78 is 19.6. The Morgan fingerprint density at radius 2 is 2.10 bits per heavy atom. The Bertz CT molecular complexity index is 592. The molecule has 1 N–H and O–H groups in total. The van der Waals surface area contributed by atoms with Gasteiger partial charge in [0.15, 0.2) is 0 Å². The van der Waals surface area contributed by atoms with Gasteiger partial charge >= 0.3 is 0 Å². The summed E-state index contributed by atoms with van der Waals surface area (Å²) in [5.74, 6) is 0.762. The first-order chi connectivity index (χ1) is 9.72. The topological polar surface area (TPSA) is 21.3 Å². The highest BCUT2D eigenvalue weighted by atomic mass is 79.9. The van der Waals surface area contributed by atoms with Crippen LogP contribution in [0.25, 0.3) is 0 Å². The molecule has 0 aromatic heterocycles. The molecule has 2 aromatic carbocycles. The Morgan fingerprint density at radius 3 is 2.90 bits per heavy atom. The van der Waals surface area contributed by atoms with E-state index < -0.39 is 0 Å². The van der Waals surface area contributed by atoms with Crippen LogP contribution in [0.4, 0.5) is 4.39 Å². The van der Waals surface area contributed by atoms with Gasteiger partial charge in [-0.2, -0.15) is 0 Å². The molecule has 0 spiro atoms. The Hall–Kier alpha value is -1.39. The number of hydrogen-bond donors (Lipinski definition) is 1. The van der Waals surface area contributed by atoms with E-state index in [1.54, 1.807) is 6.07 Å². The van der Waals surface area contributed by atoms with Gasteiger partial charge in [-0.1, -0.05) is 40.2 Å².